The van der Waals surface area contributed by atoms with Crippen LogP contribution in [0.2, 0.25) is 0 Å². The van der Waals surface area contributed by atoms with E-state index in [9.17, 15) is 0 Å². The molecule has 0 aromatic carbocycles. The lowest BCUT2D eigenvalue weighted by Crippen LogP contribution is -2.30. The van der Waals surface area contributed by atoms with E-state index >= 15 is 0 Å². The lowest BCUT2D eigenvalue weighted by Gasteiger charge is -2.10. The van der Waals surface area contributed by atoms with Crippen LogP contribution in [0, 0.1) is 0 Å². The third-order valence-electron chi connectivity index (χ3n) is 10.9. The van der Waals surface area contributed by atoms with Gasteiger partial charge in [-0.05, 0) is 165 Å². The Morgan fingerprint density at radius 2 is 0.423 bits per heavy atom. The SMILES string of the molecule is C1=NCCC1.C1CCNC1.C1CCNCC1.C1CCOC1.C1CCOCC1.C1CCSC1.C1CCSCC1.C1CNOC1.C1COCCN1.C1COCCO1.C1COCN1.C1COCO1.C1COCOC1.CC.CC.CC.CC.CC.CC.CC.CC.CC.CC.CC.CC.CC.CC.CC.CC.CC.CC.CC.CC.CC.CC.CC.CC.CC.CC. The summed E-state index contributed by atoms with van der Waals surface area (Å²) in [6.07, 6.45) is 27.5. The number of thioether (sulfide) groups is 2. The zero-order valence-corrected chi connectivity index (χ0v) is 98.5. The maximum Gasteiger partial charge on any atom is 0.146 e. The number of nitrogens with zero attached hydrogens (tertiary/aromatic N) is 1. The summed E-state index contributed by atoms with van der Waals surface area (Å²) < 4.78 is 48.9. The molecule has 0 bridgehead atoms. The average Bonchev–Trinajstić information content (AvgIpc) is 2.09. The number of ether oxygens (including phenoxy) is 10. The zero-order valence-electron chi connectivity index (χ0n) is 96.9. The summed E-state index contributed by atoms with van der Waals surface area (Å²) in [5.41, 5.74) is 2.72. The minimum Gasteiger partial charge on any atom is -0.381 e. The van der Waals surface area contributed by atoms with E-state index in [4.69, 9.17) is 52.2 Å². The highest BCUT2D eigenvalue weighted by atomic mass is 32.2. The van der Waals surface area contributed by atoms with Gasteiger partial charge in [-0.15, -0.1) is 0 Å². The van der Waals surface area contributed by atoms with Crippen LogP contribution in [-0.2, 0) is 52.2 Å². The van der Waals surface area contributed by atoms with E-state index in [0.29, 0.717) is 13.6 Å². The molecule has 17 nitrogen and oxygen atoms in total. The number of hydrogen-bond donors (Lipinski definition) is 5. The van der Waals surface area contributed by atoms with Crippen molar-refractivity contribution < 1.29 is 52.2 Å². The number of hydrogen-bond acceptors (Lipinski definition) is 19. The second kappa shape index (κ2) is 355. The van der Waals surface area contributed by atoms with Crippen molar-refractivity contribution in [2.75, 3.05) is 208 Å². The van der Waals surface area contributed by atoms with Crippen LogP contribution in [0.5, 0.6) is 0 Å². The minimum atomic E-state index is 0.500. The summed E-state index contributed by atoms with van der Waals surface area (Å²) in [7, 11) is 0. The molecule has 13 aliphatic heterocycles. The first kappa shape index (κ1) is 194. The number of rotatable bonds is 0. The van der Waals surface area contributed by atoms with Crippen LogP contribution in [0.1, 0.15) is 482 Å². The van der Waals surface area contributed by atoms with Gasteiger partial charge in [0.15, 0.2) is 0 Å². The summed E-state index contributed by atoms with van der Waals surface area (Å²) in [5.74, 6) is 5.67. The quantitative estimate of drug-likeness (QED) is 0.155. The van der Waals surface area contributed by atoms with Gasteiger partial charge in [0.2, 0.25) is 0 Å². The van der Waals surface area contributed by atoms with E-state index in [2.05, 4.69) is 55.3 Å². The van der Waals surface area contributed by atoms with Gasteiger partial charge in [-0.3, -0.25) is 10.3 Å². The Balaban J connectivity index is -0.0000000331. The lowest BCUT2D eigenvalue weighted by molar-refractivity contribution is -0.0963. The van der Waals surface area contributed by atoms with Gasteiger partial charge < -0.3 is 68.2 Å². The molecule has 13 heterocycles. The van der Waals surface area contributed by atoms with Crippen LogP contribution in [0.15, 0.2) is 4.99 Å². The van der Waals surface area contributed by atoms with E-state index in [1.54, 1.807) is 0 Å². The van der Waals surface area contributed by atoms with Gasteiger partial charge >= 0.3 is 0 Å². The summed E-state index contributed by atoms with van der Waals surface area (Å²) in [6.45, 7) is 130. The fraction of sp³-hybridized carbons (Fsp3) is 0.990. The van der Waals surface area contributed by atoms with Crippen molar-refractivity contribution in [1.29, 1.82) is 0 Å². The lowest BCUT2D eigenvalue weighted by atomic mass is 10.2. The highest BCUT2D eigenvalue weighted by Gasteiger charge is 2.00. The molecule has 788 valence electrons. The molecule has 0 radical (unpaired) electrons. The summed E-state index contributed by atoms with van der Waals surface area (Å²) in [4.78, 5) is 8.65. The van der Waals surface area contributed by atoms with E-state index in [0.717, 1.165) is 152 Å². The van der Waals surface area contributed by atoms with Gasteiger partial charge in [0.1, 0.15) is 13.6 Å². The van der Waals surface area contributed by atoms with Crippen LogP contribution in [0.25, 0.3) is 0 Å². The van der Waals surface area contributed by atoms with Crippen molar-refractivity contribution in [3.05, 3.63) is 0 Å². The minimum absolute atomic E-state index is 0.500. The molecule has 13 rings (SSSR count). The average molecular weight is 1840 g/mol. The Morgan fingerprint density at radius 3 is 0.528 bits per heavy atom. The standard InChI is InChI=1S/C5H11N.C5H10O.C5H10S.C4H9NO.C4H9N.C4H7N.2C4H8O2.C4H8O.C4H8S.2C3H7NO.C3H6O2.26C2H6/c3*1-2-4-6-5-3-1;1-3-6-4-2-5-1;2*1-2-4-5-3-1;1-2-6-4-3-5-1;1-2-5-4-6-3-1;2*1-2-4-5-3-1;1-2-5-3-4-1;1-2-4-5-3-1;1-2-5-3-4-1;26*1-2/h6H,1-5H2;2*1-5H2;5H,1-4H2;5H,1-4H2;3H,1-2,4H2;2*1-4H2;2*1-4H2;2*4H,1-3H2;1-3H2;26*1-2H3. The van der Waals surface area contributed by atoms with Crippen molar-refractivity contribution in [2.24, 2.45) is 4.99 Å². The summed E-state index contributed by atoms with van der Waals surface area (Å²) in [6, 6.07) is 0. The molecule has 0 atom stereocenters. The van der Waals surface area contributed by atoms with Gasteiger partial charge in [-0.1, -0.05) is 373 Å². The third kappa shape index (κ3) is 349. The van der Waals surface area contributed by atoms with Crippen molar-refractivity contribution in [3.63, 3.8) is 0 Å². The predicted molar refractivity (Wildman–Crippen MR) is 590 cm³/mol. The molecule has 12 saturated heterocycles. The van der Waals surface area contributed by atoms with Crippen molar-refractivity contribution >= 4 is 29.7 Å². The number of morpholine rings is 1. The second-order valence-corrected chi connectivity index (χ2v) is 19.9. The molecule has 123 heavy (non-hydrogen) atoms. The van der Waals surface area contributed by atoms with Crippen LogP contribution >= 0.6 is 23.5 Å². The maximum atomic E-state index is 5.07. The van der Waals surface area contributed by atoms with Crippen molar-refractivity contribution in [2.45, 2.75) is 482 Å². The molecule has 19 heteroatoms. The normalized spacial score (nSPS) is 15.0. The molecule has 0 aliphatic carbocycles. The number of aliphatic imine (C=N–C) groups is 1. The molecule has 5 N–H and O–H groups in total. The number of hydroxylamine groups is 1. The Hall–Kier alpha value is -0.270. The molecular weight excluding hydrogens is 1570 g/mol. The smallest absolute Gasteiger partial charge is 0.146 e. The van der Waals surface area contributed by atoms with E-state index in [1.165, 1.54) is 165 Å². The first-order chi connectivity index (χ1) is 61.5. The Kier molecular flexibility index (Phi) is 560. The third-order valence-corrected chi connectivity index (χ3v) is 13.2. The molecule has 0 aromatic heterocycles. The van der Waals surface area contributed by atoms with Gasteiger partial charge in [-0.2, -0.15) is 23.5 Å². The molecule has 0 unspecified atom stereocenters. The first-order valence-corrected chi connectivity index (χ1v) is 56.4. The van der Waals surface area contributed by atoms with Crippen LogP contribution in [0.4, 0.5) is 0 Å². The highest BCUT2D eigenvalue weighted by Crippen LogP contribution is 2.15. The topological polar surface area (TPSA) is 174 Å². The van der Waals surface area contributed by atoms with Crippen LogP contribution in [0.3, 0.4) is 0 Å². The van der Waals surface area contributed by atoms with E-state index in [-0.39, 0.29) is 0 Å². The fourth-order valence-corrected chi connectivity index (χ4v) is 8.73. The molecular formula is C104H264N6O11S2. The predicted octanol–water partition coefficient (Wildman–Crippen LogP) is 33.5. The Morgan fingerprint density at radius 1 is 0.187 bits per heavy atom. The van der Waals surface area contributed by atoms with E-state index < -0.39 is 0 Å². The van der Waals surface area contributed by atoms with Gasteiger partial charge in [0, 0.05) is 59.2 Å². The molecule has 0 aromatic rings. The fourth-order valence-electron chi connectivity index (χ4n) is 6.69. The van der Waals surface area contributed by atoms with E-state index in [1.807, 2.05) is 366 Å². The molecule has 0 amide bonds. The molecule has 12 fully saturated rings. The summed E-state index contributed by atoms with van der Waals surface area (Å²) >= 11 is 4.17. The maximum absolute atomic E-state index is 5.07. The Labute approximate surface area is 799 Å². The largest absolute Gasteiger partial charge is 0.381 e. The Bertz CT molecular complexity index is 677. The molecule has 0 spiro atoms. The van der Waals surface area contributed by atoms with Gasteiger partial charge in [0.25, 0.3) is 0 Å². The molecule has 13 aliphatic rings. The number of nitrogens with one attached hydrogen (secondary N) is 5. The second-order valence-electron chi connectivity index (χ2n) is 17.4. The van der Waals surface area contributed by atoms with Gasteiger partial charge in [-0.25, -0.2) is 5.48 Å². The van der Waals surface area contributed by atoms with Crippen molar-refractivity contribution in [3.8, 4) is 0 Å². The summed E-state index contributed by atoms with van der Waals surface area (Å²) in [5, 5.41) is 12.7. The monoisotopic (exact) mass is 1840 g/mol. The first-order valence-electron chi connectivity index (χ1n) is 54.1. The van der Waals surface area contributed by atoms with Gasteiger partial charge in [0.05, 0.1) is 86.0 Å². The molecule has 0 saturated carbocycles. The van der Waals surface area contributed by atoms with Crippen molar-refractivity contribution in [1.82, 2.24) is 26.7 Å². The van der Waals surface area contributed by atoms with Crippen LogP contribution < -0.4 is 26.7 Å². The zero-order chi connectivity index (χ0) is 102. The number of piperidine rings is 1. The van der Waals surface area contributed by atoms with Crippen LogP contribution in [-0.4, -0.2) is 214 Å². The highest BCUT2D eigenvalue weighted by molar-refractivity contribution is 7.99.